The molecule has 6 nitrogen and oxygen atoms in total. The average molecular weight is 541 g/mol. The van der Waals surface area contributed by atoms with Gasteiger partial charge < -0.3 is 4.74 Å². The molecule has 0 saturated heterocycles. The second-order valence-electron chi connectivity index (χ2n) is 9.42. The maximum atomic E-state index is 15.4. The van der Waals surface area contributed by atoms with Gasteiger partial charge in [-0.05, 0) is 54.7 Å². The van der Waals surface area contributed by atoms with Crippen molar-refractivity contribution in [3.05, 3.63) is 87.9 Å². The second kappa shape index (κ2) is 9.88. The number of benzene rings is 2. The zero-order valence-electron chi connectivity index (χ0n) is 20.9. The molecule has 192 valence electrons. The van der Waals surface area contributed by atoms with Gasteiger partial charge in [0.2, 0.25) is 0 Å². The molecular formula is C28H27Cl2FN4O2. The lowest BCUT2D eigenvalue weighted by molar-refractivity contribution is 0.254. The van der Waals surface area contributed by atoms with Crippen LogP contribution in [0.25, 0.3) is 5.69 Å². The van der Waals surface area contributed by atoms with E-state index in [0.29, 0.717) is 18.0 Å². The van der Waals surface area contributed by atoms with Gasteiger partial charge in [0, 0.05) is 5.56 Å². The summed E-state index contributed by atoms with van der Waals surface area (Å²) in [4.78, 5) is 15.1. The molecule has 0 bridgehead atoms. The zero-order chi connectivity index (χ0) is 26.4. The summed E-state index contributed by atoms with van der Waals surface area (Å²) >= 11 is 12.6. The van der Waals surface area contributed by atoms with Gasteiger partial charge in [0.05, 0.1) is 34.9 Å². The minimum absolute atomic E-state index is 0.000950. The average Bonchev–Trinajstić information content (AvgIpc) is 3.24. The van der Waals surface area contributed by atoms with Crippen LogP contribution in [0.3, 0.4) is 0 Å². The number of nitrogens with one attached hydrogen (secondary N) is 1. The highest BCUT2D eigenvalue weighted by Crippen LogP contribution is 2.48. The maximum absolute atomic E-state index is 15.4. The second-order valence-corrected chi connectivity index (χ2v) is 10.4. The molecule has 1 aliphatic carbocycles. The first kappa shape index (κ1) is 25.4. The lowest BCUT2D eigenvalue weighted by Gasteiger charge is -2.39. The number of allylic oxidation sites excluding steroid dienone is 2. The van der Waals surface area contributed by atoms with Crippen LogP contribution in [0.4, 0.5) is 20.7 Å². The number of hydrogen-bond acceptors (Lipinski definition) is 3. The fraction of sp³-hybridized carbons (Fsp3) is 0.286. The Labute approximate surface area is 225 Å². The van der Waals surface area contributed by atoms with Crippen LogP contribution in [0.2, 0.25) is 5.02 Å². The molecule has 1 aromatic heterocycles. The van der Waals surface area contributed by atoms with E-state index in [-0.39, 0.29) is 22.0 Å². The fourth-order valence-corrected chi connectivity index (χ4v) is 5.59. The van der Waals surface area contributed by atoms with Crippen molar-refractivity contribution in [2.24, 2.45) is 0 Å². The van der Waals surface area contributed by atoms with Crippen molar-refractivity contribution in [3.8, 4) is 11.4 Å². The van der Waals surface area contributed by atoms with Crippen LogP contribution in [0, 0.1) is 5.82 Å². The minimum Gasteiger partial charge on any atom is -0.494 e. The molecule has 37 heavy (non-hydrogen) atoms. The highest BCUT2D eigenvalue weighted by Gasteiger charge is 2.43. The highest BCUT2D eigenvalue weighted by atomic mass is 35.5. The number of urea groups is 1. The SMILES string of the molecule is COc1ccccc1-n1nc2c(c1C(C)C)[C@@H](C1=CCC(Cl)C=C1C)N(c1cccc(Cl)c1F)C(=O)N2. The molecule has 0 fully saturated rings. The van der Waals surface area contributed by atoms with E-state index in [1.54, 1.807) is 19.2 Å². The first-order chi connectivity index (χ1) is 17.7. The molecule has 0 saturated carbocycles. The van der Waals surface area contributed by atoms with Gasteiger partial charge >= 0.3 is 6.03 Å². The number of halogens is 3. The number of fused-ring (bicyclic) bond motifs is 1. The summed E-state index contributed by atoms with van der Waals surface area (Å²) in [5.41, 5.74) is 4.27. The normalized spacial score (nSPS) is 19.4. The molecule has 2 aliphatic rings. The number of hydrogen-bond donors (Lipinski definition) is 1. The number of aromatic nitrogens is 2. The first-order valence-electron chi connectivity index (χ1n) is 12.1. The van der Waals surface area contributed by atoms with Crippen LogP contribution in [0.1, 0.15) is 50.4 Å². The summed E-state index contributed by atoms with van der Waals surface area (Å²) < 4.78 is 22.8. The Morgan fingerprint density at radius 1 is 1.16 bits per heavy atom. The number of rotatable bonds is 5. The van der Waals surface area contributed by atoms with Crippen molar-refractivity contribution >= 4 is 40.7 Å². The summed E-state index contributed by atoms with van der Waals surface area (Å²) in [5.74, 6) is 0.399. The van der Waals surface area contributed by atoms with E-state index in [4.69, 9.17) is 33.0 Å². The minimum atomic E-state index is -0.663. The van der Waals surface area contributed by atoms with E-state index in [1.807, 2.05) is 48.0 Å². The molecule has 2 amide bonds. The molecule has 0 radical (unpaired) electrons. The number of carbonyl (C=O) groups is 1. The number of alkyl halides is 1. The van der Waals surface area contributed by atoms with Crippen LogP contribution >= 0.6 is 23.2 Å². The van der Waals surface area contributed by atoms with E-state index in [0.717, 1.165) is 28.1 Å². The zero-order valence-corrected chi connectivity index (χ0v) is 22.4. The Bertz CT molecular complexity index is 1450. The number of para-hydroxylation sites is 2. The molecular weight excluding hydrogens is 514 g/mol. The van der Waals surface area contributed by atoms with Gasteiger partial charge in [0.25, 0.3) is 0 Å². The molecule has 2 atom stereocenters. The molecule has 2 aromatic carbocycles. The molecule has 1 aliphatic heterocycles. The van der Waals surface area contributed by atoms with Crippen molar-refractivity contribution in [2.75, 3.05) is 17.3 Å². The Hall–Kier alpha value is -3.29. The Balaban J connectivity index is 1.82. The third-order valence-corrected chi connectivity index (χ3v) is 7.33. The third-order valence-electron chi connectivity index (χ3n) is 6.73. The van der Waals surface area contributed by atoms with Crippen molar-refractivity contribution in [3.63, 3.8) is 0 Å². The molecule has 5 rings (SSSR count). The number of anilines is 2. The number of carbonyl (C=O) groups excluding carboxylic acids is 1. The quantitative estimate of drug-likeness (QED) is 0.336. The van der Waals surface area contributed by atoms with Crippen LogP contribution in [0.15, 0.2) is 65.8 Å². The molecule has 1 unspecified atom stereocenters. The summed E-state index contributed by atoms with van der Waals surface area (Å²) in [5, 5.41) is 7.53. The molecule has 2 heterocycles. The van der Waals surface area contributed by atoms with Crippen LogP contribution in [-0.2, 0) is 0 Å². The summed E-state index contributed by atoms with van der Waals surface area (Å²) in [6, 6.07) is 11.1. The van der Waals surface area contributed by atoms with Gasteiger partial charge in [-0.25, -0.2) is 13.9 Å². The Morgan fingerprint density at radius 2 is 1.89 bits per heavy atom. The van der Waals surface area contributed by atoms with Gasteiger partial charge in [0.1, 0.15) is 11.4 Å². The first-order valence-corrected chi connectivity index (χ1v) is 12.9. The van der Waals surface area contributed by atoms with Gasteiger partial charge in [-0.2, -0.15) is 0 Å². The summed E-state index contributed by atoms with van der Waals surface area (Å²) in [6.45, 7) is 6.08. The predicted octanol–water partition coefficient (Wildman–Crippen LogP) is 7.77. The van der Waals surface area contributed by atoms with Gasteiger partial charge in [-0.3, -0.25) is 10.2 Å². The van der Waals surface area contributed by atoms with Crippen LogP contribution in [0.5, 0.6) is 5.75 Å². The lowest BCUT2D eigenvalue weighted by atomic mass is 9.85. The predicted molar refractivity (Wildman–Crippen MR) is 146 cm³/mol. The van der Waals surface area contributed by atoms with E-state index >= 15 is 4.39 Å². The molecule has 1 N–H and O–H groups in total. The lowest BCUT2D eigenvalue weighted by Crippen LogP contribution is -2.44. The Kier molecular flexibility index (Phi) is 6.77. The smallest absolute Gasteiger partial charge is 0.328 e. The standard InChI is InChI=1S/C28H27Cl2FN4O2/c1-15(2)25-23-26(18-13-12-17(29)14-16(18)3)34(21-10-7-8-19(30)24(21)31)28(36)32-27(23)33-35(25)20-9-5-6-11-22(20)37-4/h5-11,13-15,17,26H,12H2,1-4H3,(H,32,33,36)/t17?,26-/m1/s1. The maximum Gasteiger partial charge on any atom is 0.328 e. The molecule has 9 heteroatoms. The summed E-state index contributed by atoms with van der Waals surface area (Å²) in [7, 11) is 1.61. The van der Waals surface area contributed by atoms with E-state index < -0.39 is 17.9 Å². The topological polar surface area (TPSA) is 59.4 Å². The monoisotopic (exact) mass is 540 g/mol. The van der Waals surface area contributed by atoms with Crippen molar-refractivity contribution in [1.82, 2.24) is 9.78 Å². The number of nitrogens with zero attached hydrogens (tertiary/aromatic N) is 3. The number of ether oxygens (including phenoxy) is 1. The highest BCUT2D eigenvalue weighted by molar-refractivity contribution is 6.31. The van der Waals surface area contributed by atoms with Gasteiger partial charge in [-0.15, -0.1) is 16.7 Å². The molecule has 3 aromatic rings. The van der Waals surface area contributed by atoms with E-state index in [2.05, 4.69) is 19.2 Å². The van der Waals surface area contributed by atoms with Gasteiger partial charge in [0.15, 0.2) is 11.6 Å². The van der Waals surface area contributed by atoms with E-state index in [1.165, 1.54) is 11.0 Å². The van der Waals surface area contributed by atoms with Crippen LogP contribution in [-0.4, -0.2) is 28.3 Å². The molecule has 0 spiro atoms. The fourth-order valence-electron chi connectivity index (χ4n) is 5.14. The third kappa shape index (κ3) is 4.30. The van der Waals surface area contributed by atoms with Crippen LogP contribution < -0.4 is 15.0 Å². The largest absolute Gasteiger partial charge is 0.494 e. The van der Waals surface area contributed by atoms with Crippen molar-refractivity contribution in [2.45, 2.75) is 44.5 Å². The van der Waals surface area contributed by atoms with Crippen molar-refractivity contribution in [1.29, 1.82) is 0 Å². The van der Waals surface area contributed by atoms with Gasteiger partial charge in [-0.1, -0.05) is 55.8 Å². The number of amides is 2. The number of methoxy groups -OCH3 is 1. The summed E-state index contributed by atoms with van der Waals surface area (Å²) in [6.07, 6.45) is 4.58. The van der Waals surface area contributed by atoms with Crippen molar-refractivity contribution < 1.29 is 13.9 Å². The van der Waals surface area contributed by atoms with E-state index in [9.17, 15) is 4.79 Å². The Morgan fingerprint density at radius 3 is 2.59 bits per heavy atom.